The van der Waals surface area contributed by atoms with Gasteiger partial charge < -0.3 is 10.8 Å². The maximum atomic E-state index is 10.4. The smallest absolute Gasteiger partial charge is 0.201 e. The summed E-state index contributed by atoms with van der Waals surface area (Å²) in [6.07, 6.45) is 7.14. The number of aromatic nitrogens is 1. The molecule has 1 unspecified atom stereocenters. The van der Waals surface area contributed by atoms with E-state index in [2.05, 4.69) is 4.99 Å². The summed E-state index contributed by atoms with van der Waals surface area (Å²) in [5.74, 6) is 0.570. The summed E-state index contributed by atoms with van der Waals surface area (Å²) in [6, 6.07) is 13.7. The molecule has 3 rings (SSSR count). The zero-order chi connectivity index (χ0) is 18.4. The van der Waals surface area contributed by atoms with Crippen molar-refractivity contribution in [3.8, 4) is 0 Å². The minimum absolute atomic E-state index is 0.250. The predicted octanol–water partition coefficient (Wildman–Crippen LogP) is 3.22. The van der Waals surface area contributed by atoms with Crippen LogP contribution in [-0.4, -0.2) is 28.3 Å². The van der Waals surface area contributed by atoms with E-state index in [1.165, 1.54) is 19.3 Å². The van der Waals surface area contributed by atoms with E-state index in [1.54, 1.807) is 22.4 Å². The molecule has 1 aromatic carbocycles. The van der Waals surface area contributed by atoms with Gasteiger partial charge in [-0.2, -0.15) is 0 Å². The van der Waals surface area contributed by atoms with Crippen molar-refractivity contribution in [2.75, 3.05) is 6.54 Å². The summed E-state index contributed by atoms with van der Waals surface area (Å²) < 4.78 is 1.57. The van der Waals surface area contributed by atoms with Crippen LogP contribution >= 0.6 is 11.8 Å². The van der Waals surface area contributed by atoms with Crippen LogP contribution in [0, 0.1) is 11.3 Å². The first-order valence-electron chi connectivity index (χ1n) is 9.12. The summed E-state index contributed by atoms with van der Waals surface area (Å²) in [4.78, 5) is 6.47. The van der Waals surface area contributed by atoms with E-state index in [-0.39, 0.29) is 11.4 Å². The Balaban J connectivity index is 1.70. The Kier molecular flexibility index (Phi) is 6.52. The molecule has 1 fully saturated rings. The molecule has 1 saturated carbocycles. The third kappa shape index (κ3) is 4.99. The van der Waals surface area contributed by atoms with Gasteiger partial charge in [0.25, 0.3) is 0 Å². The van der Waals surface area contributed by atoms with E-state index in [4.69, 9.17) is 11.1 Å². The lowest BCUT2D eigenvalue weighted by atomic mass is 9.85. The fourth-order valence-electron chi connectivity index (χ4n) is 3.29. The number of pyridine rings is 1. The molecule has 1 atom stereocenters. The minimum atomic E-state index is -0.453. The second-order valence-electron chi connectivity index (χ2n) is 6.70. The van der Waals surface area contributed by atoms with Crippen molar-refractivity contribution < 1.29 is 5.11 Å². The van der Waals surface area contributed by atoms with Crippen LogP contribution in [0.1, 0.15) is 32.1 Å². The maximum absolute atomic E-state index is 10.4. The Morgan fingerprint density at radius 1 is 1.15 bits per heavy atom. The molecule has 0 radical (unpaired) electrons. The molecule has 0 bridgehead atoms. The number of aliphatic imine (C=N–C) groups is 1. The van der Waals surface area contributed by atoms with Gasteiger partial charge in [-0.05, 0) is 43.0 Å². The zero-order valence-corrected chi connectivity index (χ0v) is 15.7. The molecule has 26 heavy (non-hydrogen) atoms. The molecule has 1 aliphatic rings. The zero-order valence-electron chi connectivity index (χ0n) is 14.8. The molecule has 2 aromatic rings. The molecule has 1 aromatic heterocycles. The average Bonchev–Trinajstić information content (AvgIpc) is 2.69. The first kappa shape index (κ1) is 18.7. The van der Waals surface area contributed by atoms with Gasteiger partial charge in [0.15, 0.2) is 0 Å². The normalized spacial score (nSPS) is 17.2. The Morgan fingerprint density at radius 2 is 1.88 bits per heavy atom. The van der Waals surface area contributed by atoms with Gasteiger partial charge in [-0.3, -0.25) is 9.98 Å². The summed E-state index contributed by atoms with van der Waals surface area (Å²) in [7, 11) is 0. The molecule has 5 nitrogen and oxygen atoms in total. The van der Waals surface area contributed by atoms with Crippen LogP contribution in [0.4, 0.5) is 0 Å². The molecule has 4 N–H and O–H groups in total. The van der Waals surface area contributed by atoms with Gasteiger partial charge in [-0.15, -0.1) is 0 Å². The summed E-state index contributed by atoms with van der Waals surface area (Å²) in [5.41, 5.74) is 6.38. The van der Waals surface area contributed by atoms with Crippen LogP contribution in [0.5, 0.6) is 0 Å². The second kappa shape index (κ2) is 9.05. The molecule has 0 spiro atoms. The highest BCUT2D eigenvalue weighted by atomic mass is 32.2. The van der Waals surface area contributed by atoms with Crippen LogP contribution in [0.15, 0.2) is 63.4 Å². The van der Waals surface area contributed by atoms with Gasteiger partial charge >= 0.3 is 0 Å². The van der Waals surface area contributed by atoms with Crippen LogP contribution in [0.25, 0.3) is 0 Å². The quantitative estimate of drug-likeness (QED) is 0.558. The van der Waals surface area contributed by atoms with Gasteiger partial charge in [0, 0.05) is 16.0 Å². The van der Waals surface area contributed by atoms with Gasteiger partial charge in [0.2, 0.25) is 5.96 Å². The molecule has 0 saturated heterocycles. The van der Waals surface area contributed by atoms with Crippen LogP contribution in [-0.2, 0) is 0 Å². The maximum Gasteiger partial charge on any atom is 0.201 e. The standard InChI is InChI=1S/C20H26N4OS/c21-19-12-11-17(26-16-9-5-2-6-10-16)14-24(19)20(22)23-13-18(25)15-7-3-1-4-8-15/h2,5-6,9-12,14-15,18,21,25H,1,3-4,7-8,13H2,(H2,22,23). The molecule has 0 aliphatic heterocycles. The Hall–Kier alpha value is -2.05. The number of rotatable bonds is 5. The number of aliphatic hydroxyl groups is 1. The fraction of sp³-hybridized carbons (Fsp3) is 0.400. The molecular formula is C20H26N4OS. The number of nitrogens with two attached hydrogens (primary N) is 1. The molecule has 1 aliphatic carbocycles. The highest BCUT2D eigenvalue weighted by Crippen LogP contribution is 2.27. The molecule has 138 valence electrons. The minimum Gasteiger partial charge on any atom is -0.391 e. The monoisotopic (exact) mass is 370 g/mol. The van der Waals surface area contributed by atoms with E-state index >= 15 is 0 Å². The van der Waals surface area contributed by atoms with Crippen molar-refractivity contribution in [1.29, 1.82) is 5.41 Å². The second-order valence-corrected chi connectivity index (χ2v) is 7.85. The lowest BCUT2D eigenvalue weighted by Crippen LogP contribution is -2.34. The largest absolute Gasteiger partial charge is 0.391 e. The van der Waals surface area contributed by atoms with Gasteiger partial charge in [0.05, 0.1) is 12.6 Å². The van der Waals surface area contributed by atoms with E-state index in [0.717, 1.165) is 22.6 Å². The highest BCUT2D eigenvalue weighted by molar-refractivity contribution is 7.99. The molecule has 1 heterocycles. The van der Waals surface area contributed by atoms with Gasteiger partial charge in [-0.1, -0.05) is 49.2 Å². The number of nitrogens with zero attached hydrogens (tertiary/aromatic N) is 2. The predicted molar refractivity (Wildman–Crippen MR) is 105 cm³/mol. The highest BCUT2D eigenvalue weighted by Gasteiger charge is 2.21. The van der Waals surface area contributed by atoms with Crippen molar-refractivity contribution in [1.82, 2.24) is 4.57 Å². The van der Waals surface area contributed by atoms with E-state index in [0.29, 0.717) is 12.5 Å². The summed E-state index contributed by atoms with van der Waals surface area (Å²) >= 11 is 1.61. The third-order valence-corrected chi connectivity index (χ3v) is 5.77. The first-order valence-corrected chi connectivity index (χ1v) is 9.93. The van der Waals surface area contributed by atoms with Crippen LogP contribution < -0.4 is 11.2 Å². The number of hydrogen-bond acceptors (Lipinski definition) is 4. The van der Waals surface area contributed by atoms with E-state index in [9.17, 15) is 5.11 Å². The Bertz CT molecular complexity index is 797. The molecule has 6 heteroatoms. The lowest BCUT2D eigenvalue weighted by Gasteiger charge is -2.25. The number of aliphatic hydroxyl groups excluding tert-OH is 1. The van der Waals surface area contributed by atoms with Crippen molar-refractivity contribution in [2.45, 2.75) is 48.0 Å². The van der Waals surface area contributed by atoms with Crippen molar-refractivity contribution in [2.24, 2.45) is 16.6 Å². The van der Waals surface area contributed by atoms with E-state index < -0.39 is 6.10 Å². The molecular weight excluding hydrogens is 344 g/mol. The van der Waals surface area contributed by atoms with Gasteiger partial charge in [-0.25, -0.2) is 4.99 Å². The topological polar surface area (TPSA) is 87.4 Å². The molecule has 0 amide bonds. The summed E-state index contributed by atoms with van der Waals surface area (Å²) in [5, 5.41) is 18.5. The lowest BCUT2D eigenvalue weighted by molar-refractivity contribution is 0.0924. The number of hydrogen-bond donors (Lipinski definition) is 3. The first-order chi connectivity index (χ1) is 12.6. The van der Waals surface area contributed by atoms with Crippen LogP contribution in [0.3, 0.4) is 0 Å². The number of benzene rings is 1. The van der Waals surface area contributed by atoms with Crippen molar-refractivity contribution in [3.05, 3.63) is 54.1 Å². The van der Waals surface area contributed by atoms with Crippen LogP contribution in [0.2, 0.25) is 0 Å². The van der Waals surface area contributed by atoms with Crippen molar-refractivity contribution >= 4 is 17.7 Å². The summed E-state index contributed by atoms with van der Waals surface area (Å²) in [6.45, 7) is 0.291. The average molecular weight is 371 g/mol. The SMILES string of the molecule is N=c1ccc(Sc2ccccc2)cn1C(N)=NCC(O)C1CCCCC1. The van der Waals surface area contributed by atoms with Gasteiger partial charge in [0.1, 0.15) is 5.49 Å². The fourth-order valence-corrected chi connectivity index (χ4v) is 4.15. The number of nitrogens with one attached hydrogen (secondary N) is 1. The third-order valence-electron chi connectivity index (χ3n) is 4.78. The van der Waals surface area contributed by atoms with E-state index in [1.807, 2.05) is 42.6 Å². The van der Waals surface area contributed by atoms with Crippen molar-refractivity contribution in [3.63, 3.8) is 0 Å². The Labute approximate surface area is 158 Å². The Morgan fingerprint density at radius 3 is 2.62 bits per heavy atom.